The van der Waals surface area contributed by atoms with Crippen molar-refractivity contribution in [1.82, 2.24) is 20.1 Å². The summed E-state index contributed by atoms with van der Waals surface area (Å²) in [7, 11) is 0. The van der Waals surface area contributed by atoms with Gasteiger partial charge in [-0.3, -0.25) is 9.67 Å². The number of hydrogen-bond acceptors (Lipinski definition) is 7. The first-order valence-electron chi connectivity index (χ1n) is 12.5. The summed E-state index contributed by atoms with van der Waals surface area (Å²) in [6, 6.07) is 12.3. The first kappa shape index (κ1) is 26.8. The summed E-state index contributed by atoms with van der Waals surface area (Å²) in [4.78, 5) is 28.2. The molecule has 1 N–H and O–H groups in total. The van der Waals surface area contributed by atoms with Crippen molar-refractivity contribution in [2.75, 3.05) is 13.1 Å². The van der Waals surface area contributed by atoms with Crippen LogP contribution in [0.3, 0.4) is 0 Å². The Labute approximate surface area is 226 Å². The number of halogens is 3. The molecule has 0 saturated carbocycles. The van der Waals surface area contributed by atoms with Gasteiger partial charge in [-0.25, -0.2) is 9.59 Å². The number of ether oxygens (including phenoxy) is 1. The molecule has 5 rings (SSSR count). The number of pyridine rings is 1. The van der Waals surface area contributed by atoms with E-state index in [-0.39, 0.29) is 12.2 Å². The van der Waals surface area contributed by atoms with Crippen LogP contribution in [0.15, 0.2) is 59.6 Å². The lowest BCUT2D eigenvalue weighted by Gasteiger charge is -2.15. The Bertz CT molecular complexity index is 1460. The third-order valence-corrected chi connectivity index (χ3v) is 7.27. The number of nitrogens with zero attached hydrogens (tertiary/aromatic N) is 3. The van der Waals surface area contributed by atoms with Crippen LogP contribution in [0.1, 0.15) is 33.6 Å². The number of fused-ring (bicyclic) bond motifs is 3. The number of thiophene rings is 1. The highest BCUT2D eigenvalue weighted by Crippen LogP contribution is 2.34. The second-order valence-electron chi connectivity index (χ2n) is 9.17. The molecule has 11 heteroatoms. The quantitative estimate of drug-likeness (QED) is 0.173. The molecule has 1 aliphatic rings. The largest absolute Gasteiger partial charge is 0.491 e. The first-order chi connectivity index (χ1) is 18.8. The molecule has 0 radical (unpaired) electrons. The fraction of sp³-hybridized carbons (Fsp3) is 0.286. The lowest BCUT2D eigenvalue weighted by atomic mass is 9.90. The predicted molar refractivity (Wildman–Crippen MR) is 140 cm³/mol. The second-order valence-corrected chi connectivity index (χ2v) is 9.95. The number of alkyl halides is 3. The van der Waals surface area contributed by atoms with Crippen LogP contribution in [0.25, 0.3) is 22.4 Å². The van der Waals surface area contributed by atoms with Gasteiger partial charge in [0.2, 0.25) is 0 Å². The highest BCUT2D eigenvalue weighted by Gasteiger charge is 2.43. The van der Waals surface area contributed by atoms with Gasteiger partial charge in [-0.15, -0.1) is 0 Å². The number of benzene rings is 1. The average Bonchev–Trinajstić information content (AvgIpc) is 3.59. The summed E-state index contributed by atoms with van der Waals surface area (Å²) in [5.41, 5.74) is 6.16. The van der Waals surface area contributed by atoms with Gasteiger partial charge in [-0.1, -0.05) is 24.3 Å². The minimum Gasteiger partial charge on any atom is -0.381 e. The number of aryl methyl sites for hydroxylation is 2. The van der Waals surface area contributed by atoms with Crippen molar-refractivity contribution in [2.24, 2.45) is 0 Å². The lowest BCUT2D eigenvalue weighted by molar-refractivity contribution is -0.193. The average molecular weight is 555 g/mol. The van der Waals surface area contributed by atoms with Crippen molar-refractivity contribution in [3.05, 3.63) is 81.9 Å². The fourth-order valence-electron chi connectivity index (χ4n) is 4.65. The molecule has 3 aromatic heterocycles. The molecule has 0 bridgehead atoms. The van der Waals surface area contributed by atoms with E-state index in [2.05, 4.69) is 61.2 Å². The number of nitrogens with one attached hydrogen (secondary N) is 1. The van der Waals surface area contributed by atoms with Gasteiger partial charge >= 0.3 is 18.1 Å². The maximum absolute atomic E-state index is 12.8. The number of aromatic nitrogens is 3. The van der Waals surface area contributed by atoms with Crippen molar-refractivity contribution < 1.29 is 27.5 Å². The number of hydrogen-bond donors (Lipinski definition) is 1. The Morgan fingerprint density at radius 1 is 1.05 bits per heavy atom. The molecular formula is C28H25F3N4O3S. The summed E-state index contributed by atoms with van der Waals surface area (Å²) in [6.45, 7) is 1.61. The van der Waals surface area contributed by atoms with Crippen LogP contribution in [0.5, 0.6) is 0 Å². The van der Waals surface area contributed by atoms with E-state index in [9.17, 15) is 22.8 Å². The van der Waals surface area contributed by atoms with E-state index in [0.717, 1.165) is 24.1 Å². The molecule has 4 aromatic rings. The van der Waals surface area contributed by atoms with E-state index in [0.29, 0.717) is 37.1 Å². The third-order valence-electron chi connectivity index (χ3n) is 6.59. The summed E-state index contributed by atoms with van der Waals surface area (Å²) < 4.78 is 43.8. The van der Waals surface area contributed by atoms with Crippen molar-refractivity contribution in [2.45, 2.75) is 38.4 Å². The van der Waals surface area contributed by atoms with Gasteiger partial charge in [0.15, 0.2) is 5.69 Å². The Kier molecular flexibility index (Phi) is 7.89. The van der Waals surface area contributed by atoms with Gasteiger partial charge in [0.05, 0.1) is 5.69 Å². The molecule has 7 nitrogen and oxygen atoms in total. The van der Waals surface area contributed by atoms with Crippen LogP contribution in [0.2, 0.25) is 0 Å². The normalized spacial score (nSPS) is 12.6. The maximum Gasteiger partial charge on any atom is 0.491 e. The topological polar surface area (TPSA) is 86.1 Å². The third kappa shape index (κ3) is 6.10. The van der Waals surface area contributed by atoms with Crippen molar-refractivity contribution in [3.63, 3.8) is 0 Å². The van der Waals surface area contributed by atoms with E-state index in [1.807, 2.05) is 0 Å². The summed E-state index contributed by atoms with van der Waals surface area (Å²) in [5, 5.41) is 12.1. The monoisotopic (exact) mass is 554 g/mol. The lowest BCUT2D eigenvalue weighted by Crippen LogP contribution is -2.29. The molecule has 1 aromatic carbocycles. The van der Waals surface area contributed by atoms with E-state index >= 15 is 0 Å². The number of carbonyl (C=O) groups is 2. The molecule has 0 unspecified atom stereocenters. The number of esters is 2. The molecule has 0 saturated heterocycles. The Balaban J connectivity index is 1.21. The van der Waals surface area contributed by atoms with Crippen LogP contribution in [0.4, 0.5) is 13.2 Å². The SMILES string of the molecule is O=C(OC(=O)C(F)(F)F)c1c2c(nn1CCCNCCc1ccc(-c3ccsc3)cc1)-c1ccncc1CC2. The van der Waals surface area contributed by atoms with Gasteiger partial charge in [0.25, 0.3) is 0 Å². The smallest absolute Gasteiger partial charge is 0.381 e. The standard InChI is InChI=1S/C28H25F3N4O3S/c29-28(30,31)27(37)38-26(36)25-23-7-6-20-16-33-13-9-22(20)24(23)34-35(25)14-1-11-32-12-8-18-2-4-19(5-3-18)21-10-15-39-17-21/h2-5,9-10,13,15-17,32H,1,6-8,11-12,14H2. The van der Waals surface area contributed by atoms with Gasteiger partial charge < -0.3 is 10.1 Å². The van der Waals surface area contributed by atoms with Crippen LogP contribution in [-0.2, 0) is 35.3 Å². The van der Waals surface area contributed by atoms with Gasteiger partial charge in [-0.2, -0.15) is 29.6 Å². The van der Waals surface area contributed by atoms with Crippen LogP contribution in [0, 0.1) is 0 Å². The minimum atomic E-state index is -5.27. The minimum absolute atomic E-state index is 0.115. The van der Waals surface area contributed by atoms with Gasteiger partial charge in [0, 0.05) is 30.1 Å². The maximum atomic E-state index is 12.8. The zero-order valence-corrected chi connectivity index (χ0v) is 21.6. The Hall–Kier alpha value is -3.83. The van der Waals surface area contributed by atoms with Crippen LogP contribution < -0.4 is 5.32 Å². The molecule has 0 aliphatic heterocycles. The molecule has 39 heavy (non-hydrogen) atoms. The zero-order valence-electron chi connectivity index (χ0n) is 20.8. The van der Waals surface area contributed by atoms with Crippen molar-refractivity contribution >= 4 is 23.3 Å². The highest BCUT2D eigenvalue weighted by molar-refractivity contribution is 7.08. The van der Waals surface area contributed by atoms with Crippen molar-refractivity contribution in [1.29, 1.82) is 0 Å². The van der Waals surface area contributed by atoms with Gasteiger partial charge in [0.1, 0.15) is 0 Å². The summed E-state index contributed by atoms with van der Waals surface area (Å²) in [6.07, 6.45) is 0.357. The molecular weight excluding hydrogens is 529 g/mol. The highest BCUT2D eigenvalue weighted by atomic mass is 32.1. The van der Waals surface area contributed by atoms with Gasteiger partial charge in [-0.05, 0) is 83.9 Å². The van der Waals surface area contributed by atoms with Crippen LogP contribution >= 0.6 is 11.3 Å². The number of carbonyl (C=O) groups excluding carboxylic acids is 2. The van der Waals surface area contributed by atoms with E-state index in [1.165, 1.54) is 21.4 Å². The second kappa shape index (κ2) is 11.5. The van der Waals surface area contributed by atoms with E-state index in [4.69, 9.17) is 0 Å². The molecule has 0 amide bonds. The fourth-order valence-corrected chi connectivity index (χ4v) is 5.32. The molecule has 1 aliphatic carbocycles. The molecule has 202 valence electrons. The zero-order chi connectivity index (χ0) is 27.4. The van der Waals surface area contributed by atoms with Crippen LogP contribution in [-0.4, -0.2) is 46.0 Å². The molecule has 0 atom stereocenters. The number of rotatable bonds is 9. The van der Waals surface area contributed by atoms with E-state index < -0.39 is 18.1 Å². The first-order valence-corrected chi connectivity index (χ1v) is 13.4. The summed E-state index contributed by atoms with van der Waals surface area (Å²) >= 11 is 1.66. The Morgan fingerprint density at radius 2 is 1.87 bits per heavy atom. The van der Waals surface area contributed by atoms with Crippen molar-refractivity contribution in [3.8, 4) is 22.4 Å². The predicted octanol–water partition coefficient (Wildman–Crippen LogP) is 5.24. The summed E-state index contributed by atoms with van der Waals surface area (Å²) in [5.74, 6) is -3.89. The molecule has 0 fully saturated rings. The Morgan fingerprint density at radius 3 is 2.62 bits per heavy atom. The van der Waals surface area contributed by atoms with E-state index in [1.54, 1.807) is 29.8 Å². The molecule has 3 heterocycles. The molecule has 0 spiro atoms.